The molecule has 0 aliphatic rings. The molecule has 0 spiro atoms. The number of aromatic nitrogens is 2. The SMILES string of the molecule is CCc1nc(-c2ccc(C)c(S(=O)(=O)N(CC)CC)c2)no1. The van der Waals surface area contributed by atoms with Gasteiger partial charge in [-0.3, -0.25) is 0 Å². The molecule has 6 nitrogen and oxygen atoms in total. The van der Waals surface area contributed by atoms with Crippen LogP contribution in [-0.4, -0.2) is 36.0 Å². The van der Waals surface area contributed by atoms with Gasteiger partial charge >= 0.3 is 0 Å². The molecule has 7 heteroatoms. The fourth-order valence-electron chi connectivity index (χ4n) is 2.24. The Bertz CT molecular complexity index is 749. The monoisotopic (exact) mass is 323 g/mol. The maximum atomic E-state index is 12.7. The summed E-state index contributed by atoms with van der Waals surface area (Å²) in [5, 5.41) is 3.90. The van der Waals surface area contributed by atoms with E-state index in [0.29, 0.717) is 42.4 Å². The first kappa shape index (κ1) is 16.6. The molecule has 0 fully saturated rings. The Hall–Kier alpha value is -1.73. The van der Waals surface area contributed by atoms with E-state index in [1.807, 2.05) is 20.8 Å². The van der Waals surface area contributed by atoms with Crippen molar-refractivity contribution in [1.82, 2.24) is 14.4 Å². The highest BCUT2D eigenvalue weighted by Crippen LogP contribution is 2.25. The van der Waals surface area contributed by atoms with Crippen molar-refractivity contribution in [3.05, 3.63) is 29.7 Å². The summed E-state index contributed by atoms with van der Waals surface area (Å²) < 4.78 is 32.0. The van der Waals surface area contributed by atoms with E-state index in [1.165, 1.54) is 4.31 Å². The minimum atomic E-state index is -3.51. The first-order valence-corrected chi connectivity index (χ1v) is 8.81. The molecule has 0 N–H and O–H groups in total. The van der Waals surface area contributed by atoms with Gasteiger partial charge in [0.1, 0.15) is 0 Å². The summed E-state index contributed by atoms with van der Waals surface area (Å²) in [6.07, 6.45) is 0.642. The van der Waals surface area contributed by atoms with Crippen LogP contribution in [0.2, 0.25) is 0 Å². The van der Waals surface area contributed by atoms with Gasteiger partial charge in [-0.25, -0.2) is 8.42 Å². The Morgan fingerprint density at radius 3 is 2.41 bits per heavy atom. The molecule has 120 valence electrons. The second-order valence-electron chi connectivity index (χ2n) is 4.93. The van der Waals surface area contributed by atoms with E-state index in [0.717, 1.165) is 0 Å². The average molecular weight is 323 g/mol. The topological polar surface area (TPSA) is 76.3 Å². The van der Waals surface area contributed by atoms with Crippen LogP contribution in [0.4, 0.5) is 0 Å². The Balaban J connectivity index is 2.51. The highest BCUT2D eigenvalue weighted by atomic mass is 32.2. The van der Waals surface area contributed by atoms with Crippen LogP contribution in [0, 0.1) is 6.92 Å². The summed E-state index contributed by atoms with van der Waals surface area (Å²) in [6, 6.07) is 5.20. The predicted molar refractivity (Wildman–Crippen MR) is 84.0 cm³/mol. The van der Waals surface area contributed by atoms with E-state index in [-0.39, 0.29) is 4.90 Å². The van der Waals surface area contributed by atoms with Gasteiger partial charge < -0.3 is 4.52 Å². The Morgan fingerprint density at radius 1 is 1.18 bits per heavy atom. The third-order valence-electron chi connectivity index (χ3n) is 3.54. The van der Waals surface area contributed by atoms with Gasteiger partial charge in [-0.2, -0.15) is 9.29 Å². The van der Waals surface area contributed by atoms with Gasteiger partial charge in [0.25, 0.3) is 0 Å². The lowest BCUT2D eigenvalue weighted by Crippen LogP contribution is -2.31. The first-order valence-electron chi connectivity index (χ1n) is 7.37. The van der Waals surface area contributed by atoms with Crippen LogP contribution in [0.1, 0.15) is 32.2 Å². The van der Waals surface area contributed by atoms with Gasteiger partial charge in [-0.1, -0.05) is 38.1 Å². The summed E-state index contributed by atoms with van der Waals surface area (Å²) in [7, 11) is -3.51. The van der Waals surface area contributed by atoms with Crippen molar-refractivity contribution in [2.75, 3.05) is 13.1 Å². The van der Waals surface area contributed by atoms with Gasteiger partial charge in [0, 0.05) is 25.1 Å². The van der Waals surface area contributed by atoms with E-state index in [4.69, 9.17) is 4.52 Å². The zero-order chi connectivity index (χ0) is 16.3. The standard InChI is InChI=1S/C15H21N3O3S/c1-5-14-16-15(17-21-14)12-9-8-11(4)13(10-12)22(19,20)18(6-2)7-3/h8-10H,5-7H2,1-4H3. The summed E-state index contributed by atoms with van der Waals surface area (Å²) in [6.45, 7) is 8.23. The summed E-state index contributed by atoms with van der Waals surface area (Å²) in [4.78, 5) is 4.54. The highest BCUT2D eigenvalue weighted by Gasteiger charge is 2.24. The maximum Gasteiger partial charge on any atom is 0.243 e. The molecule has 0 unspecified atom stereocenters. The molecule has 0 radical (unpaired) electrons. The van der Waals surface area contributed by atoms with Crippen LogP contribution in [-0.2, 0) is 16.4 Å². The van der Waals surface area contributed by atoms with Crippen molar-refractivity contribution in [2.24, 2.45) is 0 Å². The molecule has 0 saturated heterocycles. The van der Waals surface area contributed by atoms with Crippen molar-refractivity contribution in [3.63, 3.8) is 0 Å². The molecule has 1 aromatic carbocycles. The molecule has 0 atom stereocenters. The lowest BCUT2D eigenvalue weighted by molar-refractivity contribution is 0.383. The van der Waals surface area contributed by atoms with Gasteiger partial charge in [0.2, 0.25) is 21.7 Å². The average Bonchev–Trinajstić information content (AvgIpc) is 2.97. The minimum Gasteiger partial charge on any atom is -0.339 e. The third kappa shape index (κ3) is 3.05. The number of sulfonamides is 1. The molecule has 0 bridgehead atoms. The summed E-state index contributed by atoms with van der Waals surface area (Å²) in [5.74, 6) is 0.941. The van der Waals surface area contributed by atoms with Crippen molar-refractivity contribution < 1.29 is 12.9 Å². The zero-order valence-electron chi connectivity index (χ0n) is 13.3. The highest BCUT2D eigenvalue weighted by molar-refractivity contribution is 7.89. The molecule has 0 amide bonds. The van der Waals surface area contributed by atoms with Gasteiger partial charge in [-0.05, 0) is 18.6 Å². The van der Waals surface area contributed by atoms with E-state index >= 15 is 0 Å². The van der Waals surface area contributed by atoms with Gasteiger partial charge in [-0.15, -0.1) is 0 Å². The molecule has 0 saturated carbocycles. The lowest BCUT2D eigenvalue weighted by atomic mass is 10.1. The Labute approximate surface area is 131 Å². The van der Waals surface area contributed by atoms with Crippen LogP contribution in [0.5, 0.6) is 0 Å². The second kappa shape index (κ2) is 6.58. The van der Waals surface area contributed by atoms with Crippen molar-refractivity contribution in [3.8, 4) is 11.4 Å². The molecule has 1 aromatic heterocycles. The second-order valence-corrected chi connectivity index (χ2v) is 6.84. The largest absolute Gasteiger partial charge is 0.339 e. The molecule has 2 aromatic rings. The number of nitrogens with zero attached hydrogens (tertiary/aromatic N) is 3. The van der Waals surface area contributed by atoms with Crippen molar-refractivity contribution in [1.29, 1.82) is 0 Å². The summed E-state index contributed by atoms with van der Waals surface area (Å²) in [5.41, 5.74) is 1.34. The maximum absolute atomic E-state index is 12.7. The first-order chi connectivity index (χ1) is 10.4. The Kier molecular flexibility index (Phi) is 4.97. The van der Waals surface area contributed by atoms with Gasteiger partial charge in [0.05, 0.1) is 4.90 Å². The molecular formula is C15H21N3O3S. The molecule has 22 heavy (non-hydrogen) atoms. The van der Waals surface area contributed by atoms with Crippen molar-refractivity contribution >= 4 is 10.0 Å². The zero-order valence-corrected chi connectivity index (χ0v) is 14.1. The predicted octanol–water partition coefficient (Wildman–Crippen LogP) is 2.64. The number of aryl methyl sites for hydroxylation is 2. The number of benzene rings is 1. The van der Waals surface area contributed by atoms with Crippen LogP contribution in [0.15, 0.2) is 27.6 Å². The van der Waals surface area contributed by atoms with Crippen LogP contribution in [0.3, 0.4) is 0 Å². The Morgan fingerprint density at radius 2 is 1.86 bits per heavy atom. The number of rotatable bonds is 6. The number of hydrogen-bond acceptors (Lipinski definition) is 5. The van der Waals surface area contributed by atoms with E-state index in [2.05, 4.69) is 10.1 Å². The van der Waals surface area contributed by atoms with Crippen LogP contribution >= 0.6 is 0 Å². The van der Waals surface area contributed by atoms with E-state index in [1.54, 1.807) is 25.1 Å². The lowest BCUT2D eigenvalue weighted by Gasteiger charge is -2.20. The van der Waals surface area contributed by atoms with Crippen LogP contribution in [0.25, 0.3) is 11.4 Å². The smallest absolute Gasteiger partial charge is 0.243 e. The molecule has 2 rings (SSSR count). The van der Waals surface area contributed by atoms with Crippen molar-refractivity contribution in [2.45, 2.75) is 39.0 Å². The number of hydrogen-bond donors (Lipinski definition) is 0. The molecule has 1 heterocycles. The minimum absolute atomic E-state index is 0.288. The van der Waals surface area contributed by atoms with Crippen LogP contribution < -0.4 is 0 Å². The molecule has 0 aliphatic heterocycles. The van der Waals surface area contributed by atoms with Gasteiger partial charge in [0.15, 0.2) is 0 Å². The van der Waals surface area contributed by atoms with E-state index < -0.39 is 10.0 Å². The fraction of sp³-hybridized carbons (Fsp3) is 0.467. The molecule has 0 aliphatic carbocycles. The van der Waals surface area contributed by atoms with E-state index in [9.17, 15) is 8.42 Å². The fourth-order valence-corrected chi connectivity index (χ4v) is 3.94. The normalized spacial score (nSPS) is 12.0. The summed E-state index contributed by atoms with van der Waals surface area (Å²) >= 11 is 0. The molecular weight excluding hydrogens is 302 g/mol. The third-order valence-corrected chi connectivity index (χ3v) is 5.73. The quantitative estimate of drug-likeness (QED) is 0.817.